The van der Waals surface area contributed by atoms with Gasteiger partial charge in [-0.15, -0.1) is 11.8 Å². The van der Waals surface area contributed by atoms with Crippen molar-refractivity contribution in [3.8, 4) is 6.01 Å². The van der Waals surface area contributed by atoms with E-state index in [1.54, 1.807) is 25.6 Å². The van der Waals surface area contributed by atoms with Gasteiger partial charge in [0.2, 0.25) is 0 Å². The molecule has 0 unspecified atom stereocenters. The SMILES string of the molecule is COc1nc(C)c(NC(=O)Nc2cccc(SC)c2)c(C)n1. The first-order chi connectivity index (χ1) is 10.5. The van der Waals surface area contributed by atoms with Crippen LogP contribution in [0.25, 0.3) is 0 Å². The predicted octanol–water partition coefficient (Wildman–Crippen LogP) is 3.47. The molecule has 0 spiro atoms. The molecule has 1 heterocycles. The van der Waals surface area contributed by atoms with Crippen LogP contribution in [0.1, 0.15) is 11.4 Å². The largest absolute Gasteiger partial charge is 0.467 e. The van der Waals surface area contributed by atoms with Crippen LogP contribution in [-0.4, -0.2) is 29.4 Å². The van der Waals surface area contributed by atoms with E-state index >= 15 is 0 Å². The van der Waals surface area contributed by atoms with E-state index < -0.39 is 0 Å². The van der Waals surface area contributed by atoms with Crippen molar-refractivity contribution in [2.24, 2.45) is 0 Å². The van der Waals surface area contributed by atoms with Crippen LogP contribution in [0.2, 0.25) is 0 Å². The highest BCUT2D eigenvalue weighted by molar-refractivity contribution is 7.98. The van der Waals surface area contributed by atoms with Crippen LogP contribution in [0.15, 0.2) is 29.2 Å². The minimum Gasteiger partial charge on any atom is -0.467 e. The first kappa shape index (κ1) is 16.1. The van der Waals surface area contributed by atoms with Crippen molar-refractivity contribution in [1.29, 1.82) is 0 Å². The summed E-state index contributed by atoms with van der Waals surface area (Å²) in [7, 11) is 1.51. The molecule has 0 aliphatic heterocycles. The number of methoxy groups -OCH3 is 1. The van der Waals surface area contributed by atoms with Crippen LogP contribution in [0.4, 0.5) is 16.2 Å². The van der Waals surface area contributed by atoms with Crippen molar-refractivity contribution in [3.63, 3.8) is 0 Å². The van der Waals surface area contributed by atoms with Crippen LogP contribution in [0.3, 0.4) is 0 Å². The number of amides is 2. The maximum absolute atomic E-state index is 12.1. The molecular formula is C15H18N4O2S. The molecule has 2 amide bonds. The number of nitrogens with zero attached hydrogens (tertiary/aromatic N) is 2. The number of anilines is 2. The van der Waals surface area contributed by atoms with Crippen molar-refractivity contribution < 1.29 is 9.53 Å². The van der Waals surface area contributed by atoms with Crippen LogP contribution < -0.4 is 15.4 Å². The zero-order valence-corrected chi connectivity index (χ0v) is 13.7. The minimum absolute atomic E-state index is 0.286. The topological polar surface area (TPSA) is 76.1 Å². The second-order valence-corrected chi connectivity index (χ2v) is 5.45. The van der Waals surface area contributed by atoms with Crippen molar-refractivity contribution in [2.75, 3.05) is 24.0 Å². The summed E-state index contributed by atoms with van der Waals surface area (Å²) in [6, 6.07) is 7.58. The monoisotopic (exact) mass is 318 g/mol. The number of thioether (sulfide) groups is 1. The fourth-order valence-electron chi connectivity index (χ4n) is 1.93. The molecular weight excluding hydrogens is 300 g/mol. The van der Waals surface area contributed by atoms with Gasteiger partial charge >= 0.3 is 12.0 Å². The standard InChI is InChI=1S/C15H18N4O2S/c1-9-13(10(2)17-15(16-9)21-3)19-14(20)18-11-6-5-7-12(8-11)22-4/h5-8H,1-4H3,(H2,18,19,20). The second-order valence-electron chi connectivity index (χ2n) is 4.57. The molecule has 116 valence electrons. The molecule has 2 N–H and O–H groups in total. The minimum atomic E-state index is -0.335. The number of rotatable bonds is 4. The van der Waals surface area contributed by atoms with E-state index in [1.165, 1.54) is 7.11 Å². The Kier molecular flexibility index (Phi) is 5.21. The van der Waals surface area contributed by atoms with Crippen molar-refractivity contribution in [3.05, 3.63) is 35.7 Å². The summed E-state index contributed by atoms with van der Waals surface area (Å²) in [5.74, 6) is 0. The van der Waals surface area contributed by atoms with Gasteiger partial charge in [0.25, 0.3) is 0 Å². The Balaban J connectivity index is 2.12. The highest BCUT2D eigenvalue weighted by atomic mass is 32.2. The first-order valence-electron chi connectivity index (χ1n) is 6.64. The molecule has 0 aliphatic carbocycles. The third-order valence-electron chi connectivity index (χ3n) is 3.00. The Morgan fingerprint density at radius 1 is 1.18 bits per heavy atom. The summed E-state index contributed by atoms with van der Waals surface area (Å²) >= 11 is 1.62. The molecule has 7 heteroatoms. The summed E-state index contributed by atoms with van der Waals surface area (Å²) < 4.78 is 5.00. The zero-order chi connectivity index (χ0) is 16.1. The Hall–Kier alpha value is -2.28. The number of hydrogen-bond donors (Lipinski definition) is 2. The molecule has 0 radical (unpaired) electrons. The van der Waals surface area contributed by atoms with Gasteiger partial charge in [0, 0.05) is 10.6 Å². The predicted molar refractivity (Wildman–Crippen MR) is 88.9 cm³/mol. The van der Waals surface area contributed by atoms with E-state index in [2.05, 4.69) is 20.6 Å². The van der Waals surface area contributed by atoms with Crippen LogP contribution in [-0.2, 0) is 0 Å². The summed E-state index contributed by atoms with van der Waals surface area (Å²) in [4.78, 5) is 21.5. The Morgan fingerprint density at radius 2 is 1.86 bits per heavy atom. The Labute approximate surface area is 133 Å². The number of aryl methyl sites for hydroxylation is 2. The van der Waals surface area contributed by atoms with Gasteiger partial charge < -0.3 is 15.4 Å². The maximum atomic E-state index is 12.1. The average molecular weight is 318 g/mol. The quantitative estimate of drug-likeness (QED) is 0.844. The first-order valence-corrected chi connectivity index (χ1v) is 7.87. The zero-order valence-electron chi connectivity index (χ0n) is 12.9. The van der Waals surface area contributed by atoms with E-state index in [0.717, 1.165) is 10.6 Å². The fraction of sp³-hybridized carbons (Fsp3) is 0.267. The number of aromatic nitrogens is 2. The van der Waals surface area contributed by atoms with Gasteiger partial charge in [-0.3, -0.25) is 0 Å². The highest BCUT2D eigenvalue weighted by Gasteiger charge is 2.12. The molecule has 0 atom stereocenters. The average Bonchev–Trinajstić information content (AvgIpc) is 2.50. The van der Waals surface area contributed by atoms with Crippen LogP contribution in [0, 0.1) is 13.8 Å². The van der Waals surface area contributed by atoms with Gasteiger partial charge in [-0.25, -0.2) is 4.79 Å². The number of nitrogens with one attached hydrogen (secondary N) is 2. The number of urea groups is 1. The maximum Gasteiger partial charge on any atom is 0.323 e. The molecule has 0 bridgehead atoms. The van der Waals surface area contributed by atoms with Gasteiger partial charge in [0.15, 0.2) is 0 Å². The summed E-state index contributed by atoms with van der Waals surface area (Å²) in [6.07, 6.45) is 1.99. The lowest BCUT2D eigenvalue weighted by atomic mass is 10.3. The summed E-state index contributed by atoms with van der Waals surface area (Å²) in [6.45, 7) is 3.59. The third-order valence-corrected chi connectivity index (χ3v) is 3.72. The van der Waals surface area contributed by atoms with Gasteiger partial charge in [0.1, 0.15) is 0 Å². The van der Waals surface area contributed by atoms with Crippen LogP contribution >= 0.6 is 11.8 Å². The molecule has 0 fully saturated rings. The number of carbonyl (C=O) groups is 1. The van der Waals surface area contributed by atoms with E-state index in [0.29, 0.717) is 17.1 Å². The van der Waals surface area contributed by atoms with Crippen molar-refractivity contribution in [2.45, 2.75) is 18.7 Å². The van der Waals surface area contributed by atoms with E-state index in [-0.39, 0.29) is 12.0 Å². The number of hydrogen-bond acceptors (Lipinski definition) is 5. The lowest BCUT2D eigenvalue weighted by Gasteiger charge is -2.12. The molecule has 0 aliphatic rings. The lowest BCUT2D eigenvalue weighted by Crippen LogP contribution is -2.21. The van der Waals surface area contributed by atoms with Crippen molar-refractivity contribution >= 4 is 29.2 Å². The highest BCUT2D eigenvalue weighted by Crippen LogP contribution is 2.21. The molecule has 22 heavy (non-hydrogen) atoms. The Morgan fingerprint density at radius 3 is 2.45 bits per heavy atom. The Bertz CT molecular complexity index is 668. The molecule has 1 aromatic carbocycles. The van der Waals surface area contributed by atoms with Crippen molar-refractivity contribution in [1.82, 2.24) is 9.97 Å². The molecule has 2 aromatic rings. The normalized spacial score (nSPS) is 10.2. The van der Waals surface area contributed by atoms with E-state index in [9.17, 15) is 4.79 Å². The van der Waals surface area contributed by atoms with E-state index in [4.69, 9.17) is 4.74 Å². The smallest absolute Gasteiger partial charge is 0.323 e. The molecule has 6 nitrogen and oxygen atoms in total. The van der Waals surface area contributed by atoms with E-state index in [1.807, 2.05) is 30.5 Å². The summed E-state index contributed by atoms with van der Waals surface area (Å²) in [5, 5.41) is 5.58. The molecule has 2 rings (SSSR count). The summed E-state index contributed by atoms with van der Waals surface area (Å²) in [5.41, 5.74) is 2.61. The van der Waals surface area contributed by atoms with Gasteiger partial charge in [-0.2, -0.15) is 9.97 Å². The molecule has 0 saturated heterocycles. The van der Waals surface area contributed by atoms with Crippen LogP contribution in [0.5, 0.6) is 6.01 Å². The second kappa shape index (κ2) is 7.13. The third kappa shape index (κ3) is 3.88. The number of carbonyl (C=O) groups excluding carboxylic acids is 1. The molecule has 1 aromatic heterocycles. The van der Waals surface area contributed by atoms with Gasteiger partial charge in [-0.1, -0.05) is 6.07 Å². The fourth-order valence-corrected chi connectivity index (χ4v) is 2.39. The number of benzene rings is 1. The lowest BCUT2D eigenvalue weighted by molar-refractivity contribution is 0.262. The number of ether oxygens (including phenoxy) is 1. The molecule has 0 saturated carbocycles. The van der Waals surface area contributed by atoms with Gasteiger partial charge in [-0.05, 0) is 38.3 Å². The van der Waals surface area contributed by atoms with Gasteiger partial charge in [0.05, 0.1) is 24.2 Å².